The van der Waals surface area contributed by atoms with Crippen LogP contribution in [-0.2, 0) is 49.2 Å². The molecule has 0 fully saturated rings. The molecule has 188 valence electrons. The number of carbonyl (C=O) groups is 1. The molecule has 0 aliphatic heterocycles. The van der Waals surface area contributed by atoms with Crippen molar-refractivity contribution in [3.63, 3.8) is 0 Å². The minimum atomic E-state index is -3.48. The highest BCUT2D eigenvalue weighted by atomic mass is 32.2. The zero-order valence-electron chi connectivity index (χ0n) is 19.6. The van der Waals surface area contributed by atoms with Gasteiger partial charge in [-0.05, 0) is 24.6 Å². The lowest BCUT2D eigenvalue weighted by Gasteiger charge is -2.09. The van der Waals surface area contributed by atoms with Crippen LogP contribution >= 0.6 is 11.3 Å². The van der Waals surface area contributed by atoms with E-state index in [2.05, 4.69) is 20.6 Å². The molecular weight excluding hydrogens is 494 g/mol. The summed E-state index contributed by atoms with van der Waals surface area (Å²) < 4.78 is 36.7. The highest BCUT2D eigenvalue weighted by molar-refractivity contribution is 7.91. The van der Waals surface area contributed by atoms with Gasteiger partial charge in [-0.3, -0.25) is 14.8 Å². The molecule has 3 rings (SSSR count). The van der Waals surface area contributed by atoms with E-state index in [-0.39, 0.29) is 23.0 Å². The molecule has 0 saturated heterocycles. The Balaban J connectivity index is 1.80. The number of rotatable bonds is 13. The molecule has 0 aliphatic rings. The van der Waals surface area contributed by atoms with Gasteiger partial charge in [0.25, 0.3) is 5.91 Å². The minimum absolute atomic E-state index is 0.0345. The van der Waals surface area contributed by atoms with Crippen LogP contribution in [0.25, 0.3) is 0 Å². The number of benzene rings is 1. The zero-order chi connectivity index (χ0) is 25.3. The Morgan fingerprint density at radius 2 is 1.91 bits per heavy atom. The van der Waals surface area contributed by atoms with E-state index in [1.165, 1.54) is 42.7 Å². The van der Waals surface area contributed by atoms with Crippen LogP contribution in [0.2, 0.25) is 0 Å². The van der Waals surface area contributed by atoms with E-state index < -0.39 is 15.7 Å². The largest absolute Gasteiger partial charge is 0.389 e. The minimum Gasteiger partial charge on any atom is -0.389 e. The lowest BCUT2D eigenvalue weighted by Crippen LogP contribution is -2.24. The number of hydrogen-bond acceptors (Lipinski definition) is 10. The van der Waals surface area contributed by atoms with E-state index in [0.717, 1.165) is 4.88 Å². The Hall–Kier alpha value is -3.13. The number of thiazole rings is 1. The molecule has 0 radical (unpaired) electrons. The molecule has 0 aliphatic carbocycles. The summed E-state index contributed by atoms with van der Waals surface area (Å²) in [6.07, 6.45) is 3.76. The van der Waals surface area contributed by atoms with Crippen molar-refractivity contribution in [2.24, 2.45) is 12.2 Å². The van der Waals surface area contributed by atoms with E-state index in [0.29, 0.717) is 36.0 Å². The van der Waals surface area contributed by atoms with Crippen LogP contribution in [0.15, 0.2) is 52.8 Å². The highest BCUT2D eigenvalue weighted by Gasteiger charge is 2.20. The van der Waals surface area contributed by atoms with Crippen molar-refractivity contribution in [3.8, 4) is 0 Å². The Kier molecular flexibility index (Phi) is 9.48. The number of aryl methyl sites for hydroxylation is 1. The second-order valence-corrected chi connectivity index (χ2v) is 10.6. The zero-order valence-corrected chi connectivity index (χ0v) is 21.3. The first-order valence-electron chi connectivity index (χ1n) is 10.6. The monoisotopic (exact) mass is 521 g/mol. The highest BCUT2D eigenvalue weighted by Crippen LogP contribution is 2.20. The van der Waals surface area contributed by atoms with Crippen LogP contribution in [0.3, 0.4) is 0 Å². The van der Waals surface area contributed by atoms with Crippen molar-refractivity contribution in [1.29, 1.82) is 0 Å². The number of anilines is 1. The molecule has 1 N–H and O–H groups in total. The number of nitrogens with one attached hydrogen (secondary N) is 1. The van der Waals surface area contributed by atoms with Crippen LogP contribution < -0.4 is 5.32 Å². The summed E-state index contributed by atoms with van der Waals surface area (Å²) in [6, 6.07) is 7.69. The summed E-state index contributed by atoms with van der Waals surface area (Å²) in [7, 11) is 1.39. The number of amides is 1. The molecule has 2 heterocycles. The van der Waals surface area contributed by atoms with Crippen molar-refractivity contribution in [1.82, 2.24) is 14.8 Å². The van der Waals surface area contributed by atoms with Gasteiger partial charge in [0.15, 0.2) is 27.3 Å². The number of oxime groups is 1. The van der Waals surface area contributed by atoms with Gasteiger partial charge in [0, 0.05) is 45.8 Å². The fourth-order valence-electron chi connectivity index (χ4n) is 2.99. The Morgan fingerprint density at radius 3 is 2.57 bits per heavy atom. The van der Waals surface area contributed by atoms with E-state index in [1.807, 2.05) is 0 Å². The molecule has 2 aromatic heterocycles. The predicted octanol–water partition coefficient (Wildman–Crippen LogP) is 2.39. The lowest BCUT2D eigenvalue weighted by atomic mass is 10.1. The molecule has 0 saturated carbocycles. The maximum atomic E-state index is 13.0. The van der Waals surface area contributed by atoms with Crippen molar-refractivity contribution in [3.05, 3.63) is 58.9 Å². The summed E-state index contributed by atoms with van der Waals surface area (Å²) in [4.78, 5) is 23.6. The third kappa shape index (κ3) is 7.68. The van der Waals surface area contributed by atoms with Gasteiger partial charge >= 0.3 is 0 Å². The molecule has 0 spiro atoms. The summed E-state index contributed by atoms with van der Waals surface area (Å²) >= 11 is 1.27. The fourth-order valence-corrected chi connectivity index (χ4v) is 5.05. The number of sulfone groups is 1. The van der Waals surface area contributed by atoms with Gasteiger partial charge in [-0.1, -0.05) is 28.6 Å². The number of carbonyl (C=O) groups excluding carboxylic acids is 1. The van der Waals surface area contributed by atoms with Gasteiger partial charge in [0.2, 0.25) is 0 Å². The van der Waals surface area contributed by atoms with Crippen LogP contribution in [0, 0.1) is 0 Å². The van der Waals surface area contributed by atoms with Crippen molar-refractivity contribution < 1.29 is 27.5 Å². The van der Waals surface area contributed by atoms with Crippen LogP contribution in [0.1, 0.15) is 22.6 Å². The number of hydrogen-bond donors (Lipinski definition) is 1. The standard InChI is InChI=1S/C22H27N5O6S2/c1-27-10-9-17(25-27)14-33-26-20(21(28)24-22-23-13-18(34-22)15-32-3)16-5-7-19(8-6-16)35(29,30)12-4-11-31-2/h5-10,13H,4,11-12,14-15H2,1-3H3,(H,23,24,28)/b26-20+. The lowest BCUT2D eigenvalue weighted by molar-refractivity contribution is -0.110. The molecule has 1 aromatic carbocycles. The van der Waals surface area contributed by atoms with E-state index in [4.69, 9.17) is 14.3 Å². The molecule has 0 atom stereocenters. The second kappa shape index (κ2) is 12.5. The summed E-state index contributed by atoms with van der Waals surface area (Å²) in [5.41, 5.74) is 0.985. The van der Waals surface area contributed by atoms with E-state index >= 15 is 0 Å². The summed E-state index contributed by atoms with van der Waals surface area (Å²) in [6.45, 7) is 0.783. The van der Waals surface area contributed by atoms with E-state index in [1.54, 1.807) is 37.3 Å². The van der Waals surface area contributed by atoms with Gasteiger partial charge in [-0.25, -0.2) is 13.4 Å². The average molecular weight is 522 g/mol. The number of methoxy groups -OCH3 is 2. The SMILES string of the molecule is COCCCS(=O)(=O)c1ccc(/C(=N\OCc2ccn(C)n2)C(=O)Nc2ncc(COC)s2)cc1. The number of aromatic nitrogens is 3. The first-order valence-corrected chi connectivity index (χ1v) is 13.0. The molecule has 1 amide bonds. The number of nitrogens with zero attached hydrogens (tertiary/aromatic N) is 4. The first-order chi connectivity index (χ1) is 16.8. The normalized spacial score (nSPS) is 12.0. The molecule has 0 bridgehead atoms. The van der Waals surface area contributed by atoms with Crippen LogP contribution in [0.4, 0.5) is 5.13 Å². The molecule has 13 heteroatoms. The molecule has 0 unspecified atom stereocenters. The first kappa shape index (κ1) is 26.5. The van der Waals surface area contributed by atoms with E-state index in [9.17, 15) is 13.2 Å². The van der Waals surface area contributed by atoms with Gasteiger partial charge in [0.05, 0.1) is 22.1 Å². The molecular formula is C22H27N5O6S2. The van der Waals surface area contributed by atoms with Gasteiger partial charge in [-0.2, -0.15) is 5.10 Å². The van der Waals surface area contributed by atoms with Gasteiger partial charge < -0.3 is 14.3 Å². The predicted molar refractivity (Wildman–Crippen MR) is 131 cm³/mol. The smallest absolute Gasteiger partial charge is 0.280 e. The van der Waals surface area contributed by atoms with Crippen LogP contribution in [-0.4, -0.2) is 61.4 Å². The Morgan fingerprint density at radius 1 is 1.14 bits per heavy atom. The van der Waals surface area contributed by atoms with Gasteiger partial charge in [0.1, 0.15) is 5.69 Å². The topological polar surface area (TPSA) is 134 Å². The van der Waals surface area contributed by atoms with Gasteiger partial charge in [-0.15, -0.1) is 0 Å². The maximum Gasteiger partial charge on any atom is 0.280 e. The molecule has 35 heavy (non-hydrogen) atoms. The Labute approximate surface area is 207 Å². The third-order valence-corrected chi connectivity index (χ3v) is 7.36. The van der Waals surface area contributed by atoms with Crippen LogP contribution in [0.5, 0.6) is 0 Å². The quantitative estimate of drug-likeness (QED) is 0.206. The average Bonchev–Trinajstić information content (AvgIpc) is 3.45. The Bertz CT molecular complexity index is 1250. The maximum absolute atomic E-state index is 13.0. The third-order valence-electron chi connectivity index (χ3n) is 4.66. The van der Waals surface area contributed by atoms with Crippen molar-refractivity contribution >= 4 is 37.9 Å². The fraction of sp³-hybridized carbons (Fsp3) is 0.364. The second-order valence-electron chi connectivity index (χ2n) is 7.40. The molecule has 11 nitrogen and oxygen atoms in total. The summed E-state index contributed by atoms with van der Waals surface area (Å²) in [5.74, 6) is -0.595. The van der Waals surface area contributed by atoms with Crippen molar-refractivity contribution in [2.75, 3.05) is 31.9 Å². The molecule has 3 aromatic rings. The summed E-state index contributed by atoms with van der Waals surface area (Å²) in [5, 5.41) is 11.3. The number of ether oxygens (including phenoxy) is 2. The van der Waals surface area contributed by atoms with Crippen molar-refractivity contribution in [2.45, 2.75) is 24.5 Å².